The van der Waals surface area contributed by atoms with Crippen LogP contribution in [0.25, 0.3) is 0 Å². The molecule has 0 aromatic carbocycles. The van der Waals surface area contributed by atoms with Crippen LogP contribution in [0.2, 0.25) is 46.6 Å². The Labute approximate surface area is 280 Å². The van der Waals surface area contributed by atoms with Crippen LogP contribution >= 0.6 is 23.2 Å². The number of carbonyl (C=O) groups is 2. The van der Waals surface area contributed by atoms with E-state index in [0.29, 0.717) is 17.7 Å². The fourth-order valence-corrected chi connectivity index (χ4v) is 5.61. The maximum absolute atomic E-state index is 12.3. The fourth-order valence-electron chi connectivity index (χ4n) is 2.83. The van der Waals surface area contributed by atoms with Crippen LogP contribution in [0, 0.1) is 0 Å². The maximum Gasteiger partial charge on any atom is 1.00 e. The van der Waals surface area contributed by atoms with Gasteiger partial charge in [0.2, 0.25) is 0 Å². The Morgan fingerprint density at radius 2 is 1.16 bits per heavy atom. The second-order valence-corrected chi connectivity index (χ2v) is 22.6. The summed E-state index contributed by atoms with van der Waals surface area (Å²) >= 11 is 12.1. The fraction of sp³-hybridized carbons (Fsp3) is 0.571. The zero-order valence-electron chi connectivity index (χ0n) is 27.4. The summed E-state index contributed by atoms with van der Waals surface area (Å²) in [5.74, 6) is -1.46. The van der Waals surface area contributed by atoms with Crippen molar-refractivity contribution in [2.75, 3.05) is 6.61 Å². The molecule has 43 heavy (non-hydrogen) atoms. The molecule has 10 nitrogen and oxygen atoms in total. The molecule has 0 bridgehead atoms. The van der Waals surface area contributed by atoms with Crippen molar-refractivity contribution in [3.05, 3.63) is 58.1 Å². The van der Waals surface area contributed by atoms with E-state index in [0.717, 1.165) is 0 Å². The number of pyridine rings is 2. The monoisotopic (exact) mass is 671 g/mol. The van der Waals surface area contributed by atoms with Crippen LogP contribution in [0.4, 0.5) is 0 Å². The van der Waals surface area contributed by atoms with E-state index in [1.165, 1.54) is 6.20 Å². The standard InChI is InChI=1S/C15H24ClNO3Si.C13H20ClNO3Si.Li.2H2O/c1-7-19-14(18)12(11-9-8-10-17-13(11)16)20-21(5,6)15(2,3)4;1-13(2,3)19(4,5)18-10(12(16)17)9-7-6-8-15-11(9)14;;;/h8-10,12H,7H2,1-6H3;6-8,10H,1-5H3,(H,16,17);;2*1H2/q;;+1;;/p-2. The van der Waals surface area contributed by atoms with Gasteiger partial charge in [-0.3, -0.25) is 0 Å². The summed E-state index contributed by atoms with van der Waals surface area (Å²) in [4.78, 5) is 31.7. The molecule has 240 valence electrons. The first-order valence-electron chi connectivity index (χ1n) is 13.1. The van der Waals surface area contributed by atoms with Gasteiger partial charge in [-0.05, 0) is 55.3 Å². The van der Waals surface area contributed by atoms with Crippen molar-refractivity contribution in [3.8, 4) is 0 Å². The third-order valence-corrected chi connectivity index (χ3v) is 16.8. The average Bonchev–Trinajstić information content (AvgIpc) is 2.81. The number of carboxylic acid groups (broad SMARTS) is 1. The van der Waals surface area contributed by atoms with Crippen LogP contribution in [-0.2, 0) is 23.2 Å². The number of aromatic nitrogens is 2. The SMILES string of the molecule is CC(C)(C)[Si](C)(C)OC(C(=O)O)c1cccnc1Cl.CCOC(=O)C(O[Si](C)(C)C(C)(C)C)c1cccnc1Cl.[Li+].[OH-].[OH-]. The molecular weight excluding hydrogens is 626 g/mol. The van der Waals surface area contributed by atoms with E-state index in [2.05, 4.69) is 64.6 Å². The molecule has 0 aliphatic heterocycles. The normalized spacial score (nSPS) is 13.0. The van der Waals surface area contributed by atoms with Gasteiger partial charge in [-0.2, -0.15) is 0 Å². The van der Waals surface area contributed by atoms with Crippen molar-refractivity contribution in [2.45, 2.75) is 96.9 Å². The molecule has 0 saturated carbocycles. The van der Waals surface area contributed by atoms with Crippen molar-refractivity contribution >= 4 is 51.8 Å². The predicted molar refractivity (Wildman–Crippen MR) is 169 cm³/mol. The Balaban J connectivity index is -0.000000698. The molecule has 3 N–H and O–H groups in total. The van der Waals surface area contributed by atoms with Crippen molar-refractivity contribution in [1.29, 1.82) is 0 Å². The van der Waals surface area contributed by atoms with E-state index in [4.69, 9.17) is 36.8 Å². The van der Waals surface area contributed by atoms with Crippen molar-refractivity contribution in [3.63, 3.8) is 0 Å². The largest absolute Gasteiger partial charge is 1.00 e. The van der Waals surface area contributed by atoms with Crippen LogP contribution in [0.3, 0.4) is 0 Å². The Hall–Kier alpha value is -1.31. The second kappa shape index (κ2) is 18.6. The van der Waals surface area contributed by atoms with Crippen LogP contribution in [0.5, 0.6) is 0 Å². The molecule has 0 aliphatic rings. The van der Waals surface area contributed by atoms with Gasteiger partial charge in [0.25, 0.3) is 0 Å². The minimum absolute atomic E-state index is 0. The topological polar surface area (TPSA) is 168 Å². The number of nitrogens with zero attached hydrogens (tertiary/aromatic N) is 2. The van der Waals surface area contributed by atoms with Crippen molar-refractivity contribution in [1.82, 2.24) is 9.97 Å². The molecule has 15 heteroatoms. The van der Waals surface area contributed by atoms with Gasteiger partial charge >= 0.3 is 30.8 Å². The molecule has 0 spiro atoms. The van der Waals surface area contributed by atoms with Crippen LogP contribution in [0.15, 0.2) is 36.7 Å². The number of hydrogen-bond acceptors (Lipinski definition) is 9. The molecule has 2 unspecified atom stereocenters. The van der Waals surface area contributed by atoms with Gasteiger partial charge in [0.15, 0.2) is 28.8 Å². The number of aliphatic carboxylic acids is 1. The van der Waals surface area contributed by atoms with Gasteiger partial charge in [-0.25, -0.2) is 19.6 Å². The smallest absolute Gasteiger partial charge is 0.870 e. The average molecular weight is 673 g/mol. The van der Waals surface area contributed by atoms with E-state index < -0.39 is 40.8 Å². The van der Waals surface area contributed by atoms with Crippen LogP contribution < -0.4 is 18.9 Å². The van der Waals surface area contributed by atoms with Crippen molar-refractivity contribution in [2.24, 2.45) is 0 Å². The third-order valence-electron chi connectivity index (χ3n) is 7.30. The Bertz CT molecular complexity index is 1160. The number of esters is 1. The van der Waals surface area contributed by atoms with Gasteiger partial charge in [-0.1, -0.05) is 76.9 Å². The molecule has 0 fully saturated rings. The Morgan fingerprint density at radius 3 is 1.47 bits per heavy atom. The first kappa shape index (κ1) is 46.1. The Kier molecular flexibility index (Phi) is 20.0. The number of carbonyl (C=O) groups excluding carboxylic acids is 1. The summed E-state index contributed by atoms with van der Waals surface area (Å²) in [7, 11) is -4.36. The molecule has 0 aliphatic carbocycles. The zero-order valence-corrected chi connectivity index (χ0v) is 30.9. The van der Waals surface area contributed by atoms with Gasteiger partial charge < -0.3 is 29.6 Å². The molecule has 2 aromatic heterocycles. The number of rotatable bonds is 9. The predicted octanol–water partition coefficient (Wildman–Crippen LogP) is 4.89. The quantitative estimate of drug-likeness (QED) is 0.220. The molecule has 2 rings (SSSR count). The molecule has 0 amide bonds. The molecule has 0 saturated heterocycles. The van der Waals surface area contributed by atoms with E-state index in [1.54, 1.807) is 37.4 Å². The second-order valence-electron chi connectivity index (χ2n) is 12.4. The number of carboxylic acids is 1. The summed E-state index contributed by atoms with van der Waals surface area (Å²) in [6, 6.07) is 6.79. The minimum atomic E-state index is -2.20. The summed E-state index contributed by atoms with van der Waals surface area (Å²) in [5.41, 5.74) is 0.962. The minimum Gasteiger partial charge on any atom is -0.870 e. The zero-order chi connectivity index (χ0) is 31.1. The van der Waals surface area contributed by atoms with Crippen LogP contribution in [0.1, 0.15) is 71.8 Å². The van der Waals surface area contributed by atoms with E-state index >= 15 is 0 Å². The molecule has 2 heterocycles. The maximum atomic E-state index is 12.3. The third kappa shape index (κ3) is 13.3. The summed E-state index contributed by atoms with van der Waals surface area (Å²) in [5, 5.41) is 9.74. The van der Waals surface area contributed by atoms with E-state index in [1.807, 2.05) is 13.1 Å². The molecule has 2 aromatic rings. The van der Waals surface area contributed by atoms with Gasteiger partial charge in [-0.15, -0.1) is 0 Å². The molecular formula is C28H46Cl2LiN2O8Si2-. The number of halogens is 2. The Morgan fingerprint density at radius 1 is 0.814 bits per heavy atom. The van der Waals surface area contributed by atoms with Crippen LogP contribution in [-0.4, -0.2) is 61.2 Å². The molecule has 2 atom stereocenters. The van der Waals surface area contributed by atoms with Gasteiger partial charge in [0.05, 0.1) is 6.61 Å². The van der Waals surface area contributed by atoms with Crippen molar-refractivity contribution < 1.29 is 58.1 Å². The first-order chi connectivity index (χ1) is 18.2. The summed E-state index contributed by atoms with van der Waals surface area (Å²) < 4.78 is 17.3. The number of hydrogen-bond donors (Lipinski definition) is 1. The molecule has 0 radical (unpaired) electrons. The van der Waals surface area contributed by atoms with E-state index in [9.17, 15) is 14.7 Å². The van der Waals surface area contributed by atoms with E-state index in [-0.39, 0.29) is 50.2 Å². The van der Waals surface area contributed by atoms with Gasteiger partial charge in [0.1, 0.15) is 10.3 Å². The van der Waals surface area contributed by atoms with Gasteiger partial charge in [0, 0.05) is 23.5 Å². The summed E-state index contributed by atoms with van der Waals surface area (Å²) in [6.45, 7) is 22.8. The first-order valence-corrected chi connectivity index (χ1v) is 19.7. The summed E-state index contributed by atoms with van der Waals surface area (Å²) in [6.07, 6.45) is 1.21. The number of ether oxygens (including phenoxy) is 1.